The first-order valence-corrected chi connectivity index (χ1v) is 10.0. The summed E-state index contributed by atoms with van der Waals surface area (Å²) in [5.74, 6) is -3.07. The molecule has 8 nitrogen and oxygen atoms in total. The molecular weight excluding hydrogens is 458 g/mol. The predicted octanol–water partition coefficient (Wildman–Crippen LogP) is 4.12. The van der Waals surface area contributed by atoms with Crippen molar-refractivity contribution in [3.05, 3.63) is 52.3 Å². The number of nitrogens with one attached hydrogen (secondary N) is 2. The molecule has 2 N–H and O–H groups in total. The SMILES string of the molecule is Cc1nc2ccc(F)c(-c3cc4c(=O)[nH]ccc4n3OC(=O)C(F)(F)F)c2nc1NC(C)(C)C. The van der Waals surface area contributed by atoms with Crippen molar-refractivity contribution in [1.29, 1.82) is 0 Å². The maximum absolute atomic E-state index is 15.2. The van der Waals surface area contributed by atoms with Crippen LogP contribution in [0.2, 0.25) is 0 Å². The van der Waals surface area contributed by atoms with E-state index in [4.69, 9.17) is 0 Å². The van der Waals surface area contributed by atoms with Gasteiger partial charge in [-0.25, -0.2) is 19.2 Å². The van der Waals surface area contributed by atoms with Crippen LogP contribution in [-0.4, -0.2) is 37.4 Å². The van der Waals surface area contributed by atoms with Crippen molar-refractivity contribution in [2.75, 3.05) is 5.32 Å². The van der Waals surface area contributed by atoms with Crippen molar-refractivity contribution in [3.8, 4) is 11.3 Å². The van der Waals surface area contributed by atoms with Gasteiger partial charge in [0, 0.05) is 11.7 Å². The first-order valence-electron chi connectivity index (χ1n) is 10.0. The zero-order valence-corrected chi connectivity index (χ0v) is 18.5. The van der Waals surface area contributed by atoms with Crippen LogP contribution in [0.15, 0.2) is 35.3 Å². The molecule has 4 aromatic rings. The van der Waals surface area contributed by atoms with Crippen LogP contribution in [0.4, 0.5) is 23.4 Å². The summed E-state index contributed by atoms with van der Waals surface area (Å²) < 4.78 is 54.6. The van der Waals surface area contributed by atoms with E-state index >= 15 is 4.39 Å². The van der Waals surface area contributed by atoms with Gasteiger partial charge in [-0.05, 0) is 52.0 Å². The van der Waals surface area contributed by atoms with E-state index in [-0.39, 0.29) is 33.2 Å². The summed E-state index contributed by atoms with van der Waals surface area (Å²) in [6.45, 7) is 7.34. The topological polar surface area (TPSA) is 102 Å². The van der Waals surface area contributed by atoms with Crippen LogP contribution in [0.5, 0.6) is 0 Å². The van der Waals surface area contributed by atoms with Crippen LogP contribution in [0, 0.1) is 12.7 Å². The predicted molar refractivity (Wildman–Crippen MR) is 117 cm³/mol. The van der Waals surface area contributed by atoms with Crippen molar-refractivity contribution in [2.24, 2.45) is 0 Å². The van der Waals surface area contributed by atoms with Crippen LogP contribution in [0.25, 0.3) is 33.2 Å². The lowest BCUT2D eigenvalue weighted by atomic mass is 10.1. The summed E-state index contributed by atoms with van der Waals surface area (Å²) in [5.41, 5.74) is -1.09. The summed E-state index contributed by atoms with van der Waals surface area (Å²) in [6.07, 6.45) is -4.16. The third-order valence-corrected chi connectivity index (χ3v) is 4.81. The Morgan fingerprint density at radius 1 is 1.15 bits per heavy atom. The molecule has 0 saturated heterocycles. The number of fused-ring (bicyclic) bond motifs is 2. The smallest absolute Gasteiger partial charge is 0.364 e. The molecule has 0 radical (unpaired) electrons. The monoisotopic (exact) mass is 477 g/mol. The average Bonchev–Trinajstić information content (AvgIpc) is 3.06. The van der Waals surface area contributed by atoms with Gasteiger partial charge in [0.1, 0.15) is 17.2 Å². The Morgan fingerprint density at radius 3 is 2.50 bits per heavy atom. The number of hydrogen-bond acceptors (Lipinski definition) is 6. The molecule has 1 aromatic carbocycles. The maximum Gasteiger partial charge on any atom is 0.493 e. The number of aromatic nitrogens is 4. The minimum absolute atomic E-state index is 0.000826. The second-order valence-corrected chi connectivity index (χ2v) is 8.63. The number of carbonyl (C=O) groups is 1. The molecule has 0 bridgehead atoms. The van der Waals surface area contributed by atoms with Gasteiger partial charge in [-0.3, -0.25) is 4.79 Å². The summed E-state index contributed by atoms with van der Waals surface area (Å²) >= 11 is 0. The molecule has 3 heterocycles. The number of aryl methyl sites for hydroxylation is 1. The maximum atomic E-state index is 15.2. The number of carbonyl (C=O) groups excluding carboxylic acids is 1. The van der Waals surface area contributed by atoms with Crippen LogP contribution in [-0.2, 0) is 4.79 Å². The Bertz CT molecular complexity index is 1500. The van der Waals surface area contributed by atoms with Crippen LogP contribution in [0.3, 0.4) is 0 Å². The van der Waals surface area contributed by atoms with E-state index < -0.39 is 29.1 Å². The zero-order valence-electron chi connectivity index (χ0n) is 18.5. The van der Waals surface area contributed by atoms with Crippen LogP contribution in [0.1, 0.15) is 26.5 Å². The Morgan fingerprint density at radius 2 is 1.85 bits per heavy atom. The summed E-state index contributed by atoms with van der Waals surface area (Å²) in [6, 6.07) is 4.81. The molecule has 0 fully saturated rings. The van der Waals surface area contributed by atoms with Crippen molar-refractivity contribution < 1.29 is 27.2 Å². The Balaban J connectivity index is 2.05. The molecule has 0 aliphatic heterocycles. The van der Waals surface area contributed by atoms with Gasteiger partial charge >= 0.3 is 12.1 Å². The minimum atomic E-state index is -5.33. The summed E-state index contributed by atoms with van der Waals surface area (Å²) in [4.78, 5) is 39.8. The van der Waals surface area contributed by atoms with Gasteiger partial charge in [0.05, 0.1) is 33.4 Å². The van der Waals surface area contributed by atoms with E-state index in [0.717, 1.165) is 12.1 Å². The molecule has 34 heavy (non-hydrogen) atoms. The van der Waals surface area contributed by atoms with Crippen molar-refractivity contribution in [2.45, 2.75) is 39.4 Å². The van der Waals surface area contributed by atoms with Gasteiger partial charge < -0.3 is 15.1 Å². The molecule has 0 aliphatic carbocycles. The molecule has 0 spiro atoms. The van der Waals surface area contributed by atoms with Gasteiger partial charge in [0.15, 0.2) is 0 Å². The number of alkyl halides is 3. The van der Waals surface area contributed by atoms with Gasteiger partial charge in [0.25, 0.3) is 5.56 Å². The largest absolute Gasteiger partial charge is 0.493 e. The molecule has 4 rings (SSSR count). The highest BCUT2D eigenvalue weighted by atomic mass is 19.4. The number of benzene rings is 1. The Labute approximate surface area is 189 Å². The zero-order chi connectivity index (χ0) is 25.0. The highest BCUT2D eigenvalue weighted by Gasteiger charge is 2.42. The van der Waals surface area contributed by atoms with E-state index in [1.807, 2.05) is 20.8 Å². The van der Waals surface area contributed by atoms with E-state index in [9.17, 15) is 22.8 Å². The molecular formula is C22H19F4N5O3. The molecule has 12 heteroatoms. The first kappa shape index (κ1) is 23.2. The number of rotatable bonds is 3. The lowest BCUT2D eigenvalue weighted by Crippen LogP contribution is -2.33. The fourth-order valence-electron chi connectivity index (χ4n) is 3.43. The lowest BCUT2D eigenvalue weighted by Gasteiger charge is -2.23. The van der Waals surface area contributed by atoms with E-state index in [2.05, 4.69) is 25.1 Å². The number of pyridine rings is 1. The Hall–Kier alpha value is -3.96. The van der Waals surface area contributed by atoms with Crippen molar-refractivity contribution in [3.63, 3.8) is 0 Å². The summed E-state index contributed by atoms with van der Waals surface area (Å²) in [7, 11) is 0. The van der Waals surface area contributed by atoms with E-state index in [1.165, 1.54) is 18.3 Å². The van der Waals surface area contributed by atoms with E-state index in [1.54, 1.807) is 6.92 Å². The first-order chi connectivity index (χ1) is 15.8. The Kier molecular flexibility index (Phi) is 5.34. The fourth-order valence-corrected chi connectivity index (χ4v) is 3.43. The highest BCUT2D eigenvalue weighted by molar-refractivity contribution is 5.96. The fraction of sp³-hybridized carbons (Fsp3) is 0.273. The third-order valence-electron chi connectivity index (χ3n) is 4.81. The molecule has 0 atom stereocenters. The molecule has 0 amide bonds. The van der Waals surface area contributed by atoms with Crippen LogP contribution < -0.4 is 15.7 Å². The lowest BCUT2D eigenvalue weighted by molar-refractivity contribution is -0.199. The number of H-pyrrole nitrogens is 1. The second-order valence-electron chi connectivity index (χ2n) is 8.63. The van der Waals surface area contributed by atoms with Gasteiger partial charge in [-0.1, -0.05) is 0 Å². The normalized spacial score (nSPS) is 12.4. The molecule has 178 valence electrons. The van der Waals surface area contributed by atoms with Gasteiger partial charge in [-0.15, -0.1) is 0 Å². The highest BCUT2D eigenvalue weighted by Crippen LogP contribution is 2.34. The van der Waals surface area contributed by atoms with Gasteiger partial charge in [0.2, 0.25) is 0 Å². The number of hydrogen-bond donors (Lipinski definition) is 2. The quantitative estimate of drug-likeness (QED) is 0.431. The molecule has 0 aliphatic rings. The van der Waals surface area contributed by atoms with Crippen LogP contribution >= 0.6 is 0 Å². The average molecular weight is 477 g/mol. The minimum Gasteiger partial charge on any atom is -0.364 e. The van der Waals surface area contributed by atoms with E-state index in [0.29, 0.717) is 16.2 Å². The third kappa shape index (κ3) is 4.18. The summed E-state index contributed by atoms with van der Waals surface area (Å²) in [5, 5.41) is 3.04. The van der Waals surface area contributed by atoms with Crippen molar-refractivity contribution in [1.82, 2.24) is 19.7 Å². The standard InChI is InChI=1S/C22H19F4N5O3/c1-10-18(30-21(2,3)4)29-17-13(28-10)6-5-12(23)16(17)15-9-11-14(7-8-27-19(11)32)31(15)34-20(33)22(24,25)26/h5-9H,1-4H3,(H,27,32)(H,29,30). The van der Waals surface area contributed by atoms with Crippen molar-refractivity contribution >= 4 is 33.7 Å². The van der Waals surface area contributed by atoms with Gasteiger partial charge in [-0.2, -0.15) is 17.9 Å². The number of aromatic amines is 1. The molecule has 0 unspecified atom stereocenters. The molecule has 3 aromatic heterocycles. The molecule has 0 saturated carbocycles. The number of anilines is 1. The number of nitrogens with zero attached hydrogens (tertiary/aromatic N) is 3. The second kappa shape index (κ2) is 7.82. The number of halogens is 4.